The molecule has 0 spiro atoms. The third-order valence-electron chi connectivity index (χ3n) is 8.04. The summed E-state index contributed by atoms with van der Waals surface area (Å²) in [6, 6.07) is 24.4. The molecule has 0 aliphatic carbocycles. The number of aromatic nitrogens is 1. The van der Waals surface area contributed by atoms with Crippen molar-refractivity contribution in [1.82, 2.24) is 9.88 Å². The topological polar surface area (TPSA) is 65.9 Å². The van der Waals surface area contributed by atoms with Crippen LogP contribution in [0.3, 0.4) is 0 Å². The molecule has 5 rings (SSSR count). The Morgan fingerprint density at radius 2 is 1.57 bits per heavy atom. The molecule has 3 aromatic carbocycles. The van der Waals surface area contributed by atoms with E-state index in [1.807, 2.05) is 12.1 Å². The Labute approximate surface area is 253 Å². The van der Waals surface area contributed by atoms with Gasteiger partial charge in [-0.1, -0.05) is 63.1 Å². The van der Waals surface area contributed by atoms with Crippen LogP contribution in [0.1, 0.15) is 71.9 Å². The molecule has 1 saturated heterocycles. The van der Waals surface area contributed by atoms with Gasteiger partial charge in [0.1, 0.15) is 17.4 Å². The Morgan fingerprint density at radius 1 is 0.905 bits per heavy atom. The molecule has 2 heterocycles. The first kappa shape index (κ1) is 29.8. The first-order chi connectivity index (χ1) is 20.5. The van der Waals surface area contributed by atoms with Gasteiger partial charge in [-0.05, 0) is 66.3 Å². The normalized spacial score (nSPS) is 13.9. The zero-order chi connectivity index (χ0) is 29.3. The fraction of sp³-hybridized carbons (Fsp3) is 0.371. The standard InChI is InChI=1S/C35H41N3O3S/c1-3-5-27(6-4-2)28-13-17-32(18-14-28)41-24-26-7-9-29(10-8-26)33-25-42-34(36-33)23-37-19-21-38(22-20-37)31-15-11-30(12-16-31)35(39)40/h7-18,25,27H,3-6,19-24H2,1-2H3,(H,39,40). The van der Waals surface area contributed by atoms with Crippen LogP contribution >= 0.6 is 11.3 Å². The van der Waals surface area contributed by atoms with Crippen molar-refractivity contribution in [2.75, 3.05) is 31.1 Å². The van der Waals surface area contributed by atoms with Crippen molar-refractivity contribution in [3.63, 3.8) is 0 Å². The maximum Gasteiger partial charge on any atom is 0.335 e. The van der Waals surface area contributed by atoms with E-state index in [9.17, 15) is 4.79 Å². The summed E-state index contributed by atoms with van der Waals surface area (Å²) in [5.74, 6) is 0.671. The highest BCUT2D eigenvalue weighted by molar-refractivity contribution is 7.09. The number of ether oxygens (including phenoxy) is 1. The number of aromatic carboxylic acids is 1. The SMILES string of the molecule is CCCC(CCC)c1ccc(OCc2ccc(-c3csc(CN4CCN(c5ccc(C(=O)O)cc5)CC4)n3)cc2)cc1. The Kier molecular flexibility index (Phi) is 10.3. The van der Waals surface area contributed by atoms with E-state index in [-0.39, 0.29) is 0 Å². The predicted octanol–water partition coefficient (Wildman–Crippen LogP) is 8.09. The van der Waals surface area contributed by atoms with Gasteiger partial charge in [0.2, 0.25) is 0 Å². The van der Waals surface area contributed by atoms with Gasteiger partial charge in [0.05, 0.1) is 17.8 Å². The smallest absolute Gasteiger partial charge is 0.335 e. The van der Waals surface area contributed by atoms with E-state index in [1.54, 1.807) is 23.5 Å². The number of rotatable bonds is 13. The minimum Gasteiger partial charge on any atom is -0.489 e. The molecule has 1 aromatic heterocycles. The van der Waals surface area contributed by atoms with Gasteiger partial charge in [-0.3, -0.25) is 4.90 Å². The van der Waals surface area contributed by atoms with Crippen LogP contribution in [-0.2, 0) is 13.2 Å². The minimum atomic E-state index is -0.890. The molecule has 1 N–H and O–H groups in total. The molecule has 1 aliphatic heterocycles. The lowest BCUT2D eigenvalue weighted by Gasteiger charge is -2.35. The Bertz CT molecular complexity index is 1400. The summed E-state index contributed by atoms with van der Waals surface area (Å²) in [6.45, 7) is 9.64. The van der Waals surface area contributed by atoms with Gasteiger partial charge in [-0.15, -0.1) is 11.3 Å². The molecule has 42 heavy (non-hydrogen) atoms. The number of hydrogen-bond donors (Lipinski definition) is 1. The van der Waals surface area contributed by atoms with E-state index in [0.29, 0.717) is 18.1 Å². The van der Waals surface area contributed by atoms with Crippen molar-refractivity contribution >= 4 is 23.0 Å². The average Bonchev–Trinajstić information content (AvgIpc) is 3.49. The van der Waals surface area contributed by atoms with Crippen molar-refractivity contribution in [2.45, 2.75) is 58.6 Å². The minimum absolute atomic E-state index is 0.323. The Balaban J connectivity index is 1.09. The molecule has 0 saturated carbocycles. The van der Waals surface area contributed by atoms with Gasteiger partial charge >= 0.3 is 5.97 Å². The number of carboxylic acids is 1. The quantitative estimate of drug-likeness (QED) is 0.172. The first-order valence-corrected chi connectivity index (χ1v) is 16.0. The average molecular weight is 584 g/mol. The summed E-state index contributed by atoms with van der Waals surface area (Å²) in [7, 11) is 0. The van der Waals surface area contributed by atoms with Gasteiger partial charge in [-0.2, -0.15) is 0 Å². The van der Waals surface area contributed by atoms with Gasteiger partial charge in [0.15, 0.2) is 0 Å². The number of benzene rings is 3. The number of nitrogens with zero attached hydrogens (tertiary/aromatic N) is 3. The van der Waals surface area contributed by atoms with Crippen LogP contribution in [0.5, 0.6) is 5.75 Å². The summed E-state index contributed by atoms with van der Waals surface area (Å²) in [5, 5.41) is 12.4. The van der Waals surface area contributed by atoms with E-state index in [4.69, 9.17) is 14.8 Å². The second kappa shape index (κ2) is 14.5. The highest BCUT2D eigenvalue weighted by atomic mass is 32.1. The van der Waals surface area contributed by atoms with Crippen molar-refractivity contribution in [1.29, 1.82) is 0 Å². The summed E-state index contributed by atoms with van der Waals surface area (Å²) < 4.78 is 6.09. The second-order valence-corrected chi connectivity index (χ2v) is 12.0. The van der Waals surface area contributed by atoms with E-state index in [1.165, 1.54) is 31.2 Å². The summed E-state index contributed by atoms with van der Waals surface area (Å²) in [4.78, 5) is 20.8. The monoisotopic (exact) mass is 583 g/mol. The van der Waals surface area contributed by atoms with E-state index < -0.39 is 5.97 Å². The number of hydrogen-bond acceptors (Lipinski definition) is 6. The van der Waals surface area contributed by atoms with E-state index >= 15 is 0 Å². The Morgan fingerprint density at radius 3 is 2.19 bits per heavy atom. The lowest BCUT2D eigenvalue weighted by molar-refractivity contribution is 0.0697. The zero-order valence-corrected chi connectivity index (χ0v) is 25.5. The summed E-state index contributed by atoms with van der Waals surface area (Å²) >= 11 is 1.71. The summed E-state index contributed by atoms with van der Waals surface area (Å²) in [6.07, 6.45) is 4.92. The molecule has 0 unspecified atom stereocenters. The van der Waals surface area contributed by atoms with Crippen molar-refractivity contribution in [2.24, 2.45) is 0 Å². The van der Waals surface area contributed by atoms with Gasteiger partial charge in [0, 0.05) is 42.8 Å². The molecule has 1 aliphatic rings. The molecule has 4 aromatic rings. The molecule has 7 heteroatoms. The van der Waals surface area contributed by atoms with Crippen LogP contribution < -0.4 is 9.64 Å². The van der Waals surface area contributed by atoms with Crippen LogP contribution in [-0.4, -0.2) is 47.1 Å². The van der Waals surface area contributed by atoms with Gasteiger partial charge < -0.3 is 14.7 Å². The number of carboxylic acid groups (broad SMARTS) is 1. The maximum absolute atomic E-state index is 11.1. The third kappa shape index (κ3) is 7.78. The second-order valence-electron chi connectivity index (χ2n) is 11.1. The maximum atomic E-state index is 11.1. The van der Waals surface area contributed by atoms with Crippen LogP contribution in [0.25, 0.3) is 11.3 Å². The number of thiazole rings is 1. The number of carbonyl (C=O) groups is 1. The molecule has 0 amide bonds. The lowest BCUT2D eigenvalue weighted by Crippen LogP contribution is -2.45. The molecule has 0 radical (unpaired) electrons. The van der Waals surface area contributed by atoms with E-state index in [0.717, 1.165) is 66.0 Å². The third-order valence-corrected chi connectivity index (χ3v) is 8.88. The number of piperazine rings is 1. The Hall–Kier alpha value is -3.68. The van der Waals surface area contributed by atoms with Crippen LogP contribution in [0.2, 0.25) is 0 Å². The van der Waals surface area contributed by atoms with Crippen LogP contribution in [0.4, 0.5) is 5.69 Å². The first-order valence-electron chi connectivity index (χ1n) is 15.1. The highest BCUT2D eigenvalue weighted by Gasteiger charge is 2.19. The predicted molar refractivity (Wildman–Crippen MR) is 172 cm³/mol. The number of anilines is 1. The van der Waals surface area contributed by atoms with Crippen molar-refractivity contribution in [3.8, 4) is 17.0 Å². The van der Waals surface area contributed by atoms with Gasteiger partial charge in [0.25, 0.3) is 0 Å². The van der Waals surface area contributed by atoms with Gasteiger partial charge in [-0.25, -0.2) is 9.78 Å². The fourth-order valence-corrected chi connectivity index (χ4v) is 6.48. The molecule has 0 bridgehead atoms. The molecular formula is C35H41N3O3S. The summed E-state index contributed by atoms with van der Waals surface area (Å²) in [5.41, 5.74) is 6.10. The van der Waals surface area contributed by atoms with Crippen LogP contribution in [0.15, 0.2) is 78.2 Å². The molecule has 6 nitrogen and oxygen atoms in total. The zero-order valence-electron chi connectivity index (χ0n) is 24.7. The van der Waals surface area contributed by atoms with Crippen LogP contribution in [0, 0.1) is 0 Å². The highest BCUT2D eigenvalue weighted by Crippen LogP contribution is 2.29. The molecule has 1 fully saturated rings. The molecule has 220 valence electrons. The lowest BCUT2D eigenvalue weighted by atomic mass is 9.90. The van der Waals surface area contributed by atoms with Crippen molar-refractivity contribution in [3.05, 3.63) is 99.9 Å². The molecular weight excluding hydrogens is 542 g/mol. The molecule has 0 atom stereocenters. The fourth-order valence-electron chi connectivity index (χ4n) is 5.64. The van der Waals surface area contributed by atoms with Crippen molar-refractivity contribution < 1.29 is 14.6 Å². The van der Waals surface area contributed by atoms with E-state index in [2.05, 4.69) is 77.6 Å². The largest absolute Gasteiger partial charge is 0.489 e.